The molecule has 0 saturated heterocycles. The molecule has 0 aliphatic heterocycles. The number of nitrogens with zero attached hydrogens (tertiary/aromatic N) is 1. The Bertz CT molecular complexity index is 1530. The average molecular weight is 614 g/mol. The van der Waals surface area contributed by atoms with Crippen LogP contribution in [0.1, 0.15) is 61.0 Å². The van der Waals surface area contributed by atoms with Gasteiger partial charge in [0.1, 0.15) is 11.7 Å². The molecular formula is C30H39N5O9. The number of benzene rings is 1. The maximum atomic E-state index is 13.0. The summed E-state index contributed by atoms with van der Waals surface area (Å²) in [5.41, 5.74) is 7.79. The molecule has 0 fully saturated rings. The number of rotatable bonds is 15. The zero-order valence-corrected chi connectivity index (χ0v) is 24.2. The van der Waals surface area contributed by atoms with Crippen LogP contribution in [0.4, 0.5) is 5.95 Å². The number of fused-ring (bicyclic) bond motifs is 1. The van der Waals surface area contributed by atoms with Crippen molar-refractivity contribution in [3.05, 3.63) is 57.5 Å². The van der Waals surface area contributed by atoms with Gasteiger partial charge in [0.25, 0.3) is 5.56 Å². The number of aromatic nitrogens is 3. The highest BCUT2D eigenvalue weighted by molar-refractivity contribution is 5.98. The van der Waals surface area contributed by atoms with E-state index in [2.05, 4.69) is 29.7 Å². The molecule has 1 amide bonds. The summed E-state index contributed by atoms with van der Waals surface area (Å²) in [4.78, 5) is 83.2. The number of nitrogen functional groups attached to an aromatic ring is 1. The fourth-order valence-electron chi connectivity index (χ4n) is 4.59. The van der Waals surface area contributed by atoms with Crippen molar-refractivity contribution in [2.24, 2.45) is 5.92 Å². The van der Waals surface area contributed by atoms with E-state index in [4.69, 9.17) is 10.5 Å². The van der Waals surface area contributed by atoms with Crippen LogP contribution in [0.25, 0.3) is 11.0 Å². The van der Waals surface area contributed by atoms with Crippen LogP contribution in [-0.4, -0.2) is 71.9 Å². The summed E-state index contributed by atoms with van der Waals surface area (Å²) in [7, 11) is 3.57. The van der Waals surface area contributed by atoms with Gasteiger partial charge in [0.2, 0.25) is 11.9 Å². The summed E-state index contributed by atoms with van der Waals surface area (Å²) >= 11 is 0. The van der Waals surface area contributed by atoms with Gasteiger partial charge >= 0.3 is 17.9 Å². The van der Waals surface area contributed by atoms with Crippen LogP contribution < -0.4 is 16.6 Å². The molecule has 0 radical (unpaired) electrons. The van der Waals surface area contributed by atoms with Crippen LogP contribution in [0, 0.1) is 5.92 Å². The molecule has 14 heteroatoms. The molecule has 0 spiro atoms. The average Bonchev–Trinajstić information content (AvgIpc) is 3.42. The second kappa shape index (κ2) is 16.6. The van der Waals surface area contributed by atoms with Crippen LogP contribution in [0.3, 0.4) is 0 Å². The van der Waals surface area contributed by atoms with Gasteiger partial charge in [-0.1, -0.05) is 31.7 Å². The Labute approximate surface area is 254 Å². The minimum atomic E-state index is -1.07. The standard InChI is InChI=1S/C29H35N5O9.CH4/c1-41-23(37)13-11-20(28(40)43-3)32-22(36)12-10-18(27(39)42-2)14-21(35)17-7-4-16(5-8-17)6-9-19-15-31-25-24(19)26(38)34-29(30)33-25;/h4-5,7-8,15,18,20H,6,9-14H2,1-3H3,(H,32,36)(H4,30,31,33,34,38);1H4/t18-,20+;/m1./s1. The Morgan fingerprint density at radius 3 is 2.25 bits per heavy atom. The maximum absolute atomic E-state index is 13.0. The van der Waals surface area contributed by atoms with E-state index in [1.54, 1.807) is 30.5 Å². The number of esters is 3. The van der Waals surface area contributed by atoms with E-state index in [1.807, 2.05) is 0 Å². The van der Waals surface area contributed by atoms with Gasteiger partial charge in [-0.25, -0.2) is 4.79 Å². The number of carbonyl (C=O) groups excluding carboxylic acids is 5. The molecule has 14 nitrogen and oxygen atoms in total. The van der Waals surface area contributed by atoms with Crippen molar-refractivity contribution in [1.29, 1.82) is 0 Å². The van der Waals surface area contributed by atoms with E-state index in [1.165, 1.54) is 14.2 Å². The molecule has 0 unspecified atom stereocenters. The molecule has 2 aromatic heterocycles. The first-order valence-electron chi connectivity index (χ1n) is 13.6. The minimum Gasteiger partial charge on any atom is -0.469 e. The summed E-state index contributed by atoms with van der Waals surface area (Å²) in [6, 6.07) is 5.84. The summed E-state index contributed by atoms with van der Waals surface area (Å²) in [5, 5.41) is 2.95. The number of Topliss-reactive ketones (excluding diaryl/α,β-unsaturated/α-hetero) is 1. The topological polar surface area (TPSA) is 213 Å². The number of ether oxygens (including phenoxy) is 3. The molecule has 2 heterocycles. The molecule has 5 N–H and O–H groups in total. The summed E-state index contributed by atoms with van der Waals surface area (Å²) < 4.78 is 14.1. The fraction of sp³-hybridized carbons (Fsp3) is 0.433. The van der Waals surface area contributed by atoms with Gasteiger partial charge in [-0.05, 0) is 36.8 Å². The van der Waals surface area contributed by atoms with Crippen molar-refractivity contribution in [3.8, 4) is 0 Å². The predicted molar refractivity (Wildman–Crippen MR) is 161 cm³/mol. The Hall–Kier alpha value is -5.01. The maximum Gasteiger partial charge on any atom is 0.328 e. The first kappa shape index (κ1) is 35.2. The number of H-pyrrole nitrogens is 2. The number of ketones is 1. The number of aryl methyl sites for hydroxylation is 2. The second-order valence-corrected chi connectivity index (χ2v) is 9.83. The molecule has 3 rings (SSSR count). The molecule has 3 aromatic rings. The predicted octanol–water partition coefficient (Wildman–Crippen LogP) is 2.01. The van der Waals surface area contributed by atoms with Gasteiger partial charge in [-0.2, -0.15) is 4.98 Å². The number of hydrogen-bond donors (Lipinski definition) is 4. The first-order chi connectivity index (χ1) is 20.6. The Balaban J connectivity index is 0.00000675. The number of aromatic amines is 2. The first-order valence-corrected chi connectivity index (χ1v) is 13.6. The molecule has 2 atom stereocenters. The molecule has 238 valence electrons. The van der Waals surface area contributed by atoms with Crippen LogP contribution in [0.2, 0.25) is 0 Å². The SMILES string of the molecule is C.COC(=O)CC[C@H](NC(=O)CC[C@H](CC(=O)c1ccc(CCc2c[nH]c3nc(N)[nH]c(=O)c23)cc1)C(=O)OC)C(=O)OC. The molecule has 44 heavy (non-hydrogen) atoms. The normalized spacial score (nSPS) is 12.0. The Morgan fingerprint density at radius 1 is 0.932 bits per heavy atom. The van der Waals surface area contributed by atoms with Gasteiger partial charge in [0.15, 0.2) is 5.78 Å². The minimum absolute atomic E-state index is 0. The highest BCUT2D eigenvalue weighted by atomic mass is 16.5. The monoisotopic (exact) mass is 613 g/mol. The Kier molecular flexibility index (Phi) is 13.3. The highest BCUT2D eigenvalue weighted by Gasteiger charge is 2.27. The lowest BCUT2D eigenvalue weighted by molar-refractivity contribution is -0.148. The van der Waals surface area contributed by atoms with Crippen molar-refractivity contribution in [3.63, 3.8) is 0 Å². The van der Waals surface area contributed by atoms with E-state index < -0.39 is 35.8 Å². The third-order valence-corrected chi connectivity index (χ3v) is 6.97. The Morgan fingerprint density at radius 2 is 1.61 bits per heavy atom. The lowest BCUT2D eigenvalue weighted by Crippen LogP contribution is -2.42. The lowest BCUT2D eigenvalue weighted by atomic mass is 9.93. The number of hydrogen-bond acceptors (Lipinski definition) is 11. The van der Waals surface area contributed by atoms with Gasteiger partial charge in [-0.15, -0.1) is 0 Å². The van der Waals surface area contributed by atoms with Crippen molar-refractivity contribution in [1.82, 2.24) is 20.3 Å². The van der Waals surface area contributed by atoms with Crippen molar-refractivity contribution in [2.45, 2.75) is 58.4 Å². The molecule has 0 bridgehead atoms. The summed E-state index contributed by atoms with van der Waals surface area (Å²) in [5.74, 6) is -3.63. The van der Waals surface area contributed by atoms with Crippen molar-refractivity contribution in [2.75, 3.05) is 27.1 Å². The number of amides is 1. The number of carbonyl (C=O) groups is 5. The summed E-state index contributed by atoms with van der Waals surface area (Å²) in [6.45, 7) is 0. The van der Waals surface area contributed by atoms with Gasteiger partial charge in [0.05, 0.1) is 32.6 Å². The third kappa shape index (κ3) is 9.51. The fourth-order valence-corrected chi connectivity index (χ4v) is 4.59. The summed E-state index contributed by atoms with van der Waals surface area (Å²) in [6.07, 6.45) is 2.38. The number of methoxy groups -OCH3 is 3. The van der Waals surface area contributed by atoms with Gasteiger partial charge in [-0.3, -0.25) is 29.0 Å². The molecule has 0 aliphatic carbocycles. The molecular weight excluding hydrogens is 574 g/mol. The van der Waals surface area contributed by atoms with Crippen LogP contribution in [0.15, 0.2) is 35.3 Å². The van der Waals surface area contributed by atoms with Crippen molar-refractivity contribution >= 4 is 46.6 Å². The second-order valence-electron chi connectivity index (χ2n) is 9.83. The quantitative estimate of drug-likeness (QED) is 0.111. The van der Waals surface area contributed by atoms with E-state index in [-0.39, 0.29) is 56.8 Å². The molecule has 0 aliphatic rings. The highest BCUT2D eigenvalue weighted by Crippen LogP contribution is 2.20. The number of anilines is 1. The molecule has 0 saturated carbocycles. The van der Waals surface area contributed by atoms with Crippen molar-refractivity contribution < 1.29 is 38.2 Å². The lowest BCUT2D eigenvalue weighted by Gasteiger charge is -2.17. The molecule has 1 aromatic carbocycles. The number of nitrogens with one attached hydrogen (secondary N) is 3. The van der Waals surface area contributed by atoms with Crippen LogP contribution >= 0.6 is 0 Å². The zero-order chi connectivity index (χ0) is 31.5. The zero-order valence-electron chi connectivity index (χ0n) is 24.2. The van der Waals surface area contributed by atoms with Crippen LogP contribution in [-0.2, 0) is 46.2 Å². The van der Waals surface area contributed by atoms with Gasteiger partial charge in [0, 0.05) is 31.0 Å². The van der Waals surface area contributed by atoms with E-state index >= 15 is 0 Å². The van der Waals surface area contributed by atoms with E-state index in [0.29, 0.717) is 29.4 Å². The van der Waals surface area contributed by atoms with E-state index in [9.17, 15) is 28.8 Å². The van der Waals surface area contributed by atoms with Gasteiger partial charge < -0.3 is 30.2 Å². The number of nitrogens with two attached hydrogens (primary N) is 1. The largest absolute Gasteiger partial charge is 0.469 e. The third-order valence-electron chi connectivity index (χ3n) is 6.97. The van der Waals surface area contributed by atoms with E-state index in [0.717, 1.165) is 18.2 Å². The van der Waals surface area contributed by atoms with Crippen LogP contribution in [0.5, 0.6) is 0 Å². The smallest absolute Gasteiger partial charge is 0.328 e.